The van der Waals surface area contributed by atoms with Crippen molar-refractivity contribution in [2.75, 3.05) is 0 Å². The molecule has 6 aromatic carbocycles. The quantitative estimate of drug-likeness (QED) is 0.211. The zero-order chi connectivity index (χ0) is 29.5. The first-order valence-corrected chi connectivity index (χ1v) is 15.1. The third-order valence-electron chi connectivity index (χ3n) is 8.94. The lowest BCUT2D eigenvalue weighted by atomic mass is 10.2. The summed E-state index contributed by atoms with van der Waals surface area (Å²) < 4.78 is 6.50. The van der Waals surface area contributed by atoms with Gasteiger partial charge in [-0.2, -0.15) is 15.0 Å². The highest BCUT2D eigenvalue weighted by Gasteiger charge is 2.22. The summed E-state index contributed by atoms with van der Waals surface area (Å²) in [6.45, 7) is 0. The van der Waals surface area contributed by atoms with Gasteiger partial charge in [0.25, 0.3) is 0 Å². The van der Waals surface area contributed by atoms with Crippen LogP contribution in [0.1, 0.15) is 0 Å². The average molecular weight is 577 g/mol. The molecule has 0 N–H and O–H groups in total. The van der Waals surface area contributed by atoms with Gasteiger partial charge in [-0.25, -0.2) is 0 Å². The van der Waals surface area contributed by atoms with E-state index in [1.165, 1.54) is 0 Å². The number of nitrogens with zero attached hydrogens (tertiary/aromatic N) is 6. The molecule has 0 fully saturated rings. The van der Waals surface area contributed by atoms with Crippen molar-refractivity contribution in [3.63, 3.8) is 0 Å². The van der Waals surface area contributed by atoms with Crippen molar-refractivity contribution >= 4 is 65.4 Å². The van der Waals surface area contributed by atoms with Crippen molar-refractivity contribution in [3.8, 4) is 17.8 Å². The van der Waals surface area contributed by atoms with E-state index in [2.05, 4.69) is 159 Å². The van der Waals surface area contributed by atoms with Crippen LogP contribution < -0.4 is 0 Å². The molecule has 0 bridgehead atoms. The van der Waals surface area contributed by atoms with Gasteiger partial charge in [-0.15, -0.1) is 0 Å². The fraction of sp³-hybridized carbons (Fsp3) is 0. The number of hydrogen-bond donors (Lipinski definition) is 0. The van der Waals surface area contributed by atoms with Crippen LogP contribution in [0.3, 0.4) is 0 Å². The summed E-state index contributed by atoms with van der Waals surface area (Å²) in [5.41, 5.74) is 6.28. The SMILES string of the molecule is c1ccc2c(c1)c1ccccc1n2-c1nc(-n2c3ccccc3c3ccccc32)nc(-n2c3ccccc3c3ccccc32)n1. The molecule has 0 spiro atoms. The van der Waals surface area contributed by atoms with Crippen LogP contribution in [0.5, 0.6) is 0 Å². The molecular weight excluding hydrogens is 552 g/mol. The van der Waals surface area contributed by atoms with Gasteiger partial charge in [0, 0.05) is 32.3 Å². The maximum Gasteiger partial charge on any atom is 0.241 e. The summed E-state index contributed by atoms with van der Waals surface area (Å²) in [6, 6.07) is 50.7. The Morgan fingerprint density at radius 3 is 0.622 bits per heavy atom. The molecule has 0 saturated carbocycles. The first-order valence-electron chi connectivity index (χ1n) is 15.1. The fourth-order valence-corrected chi connectivity index (χ4v) is 7.06. The van der Waals surface area contributed by atoms with Gasteiger partial charge in [0.05, 0.1) is 33.1 Å². The second kappa shape index (κ2) is 9.11. The van der Waals surface area contributed by atoms with Crippen molar-refractivity contribution < 1.29 is 0 Å². The molecule has 0 unspecified atom stereocenters. The van der Waals surface area contributed by atoms with Crippen LogP contribution in [0.25, 0.3) is 83.3 Å². The molecule has 0 aliphatic carbocycles. The highest BCUT2D eigenvalue weighted by Crippen LogP contribution is 2.35. The topological polar surface area (TPSA) is 53.5 Å². The Bertz CT molecular complexity index is 2300. The van der Waals surface area contributed by atoms with Crippen LogP contribution in [-0.2, 0) is 0 Å². The van der Waals surface area contributed by atoms with E-state index in [4.69, 9.17) is 15.0 Å². The molecule has 10 aromatic rings. The molecule has 45 heavy (non-hydrogen) atoms. The number of hydrogen-bond acceptors (Lipinski definition) is 3. The Balaban J connectivity index is 1.38. The maximum absolute atomic E-state index is 5.28. The number of aromatic nitrogens is 6. The van der Waals surface area contributed by atoms with Gasteiger partial charge in [-0.05, 0) is 36.4 Å². The van der Waals surface area contributed by atoms with E-state index >= 15 is 0 Å². The van der Waals surface area contributed by atoms with E-state index in [-0.39, 0.29) is 0 Å². The van der Waals surface area contributed by atoms with Crippen LogP contribution >= 0.6 is 0 Å². The molecule has 0 amide bonds. The minimum absolute atomic E-state index is 0.566. The van der Waals surface area contributed by atoms with Crippen molar-refractivity contribution in [1.82, 2.24) is 28.7 Å². The van der Waals surface area contributed by atoms with Crippen molar-refractivity contribution in [3.05, 3.63) is 146 Å². The second-order valence-corrected chi connectivity index (χ2v) is 11.3. The molecule has 0 aliphatic heterocycles. The molecule has 6 nitrogen and oxygen atoms in total. The largest absolute Gasteiger partial charge is 0.278 e. The van der Waals surface area contributed by atoms with Crippen LogP contribution in [-0.4, -0.2) is 28.7 Å². The first-order chi connectivity index (χ1) is 22.3. The van der Waals surface area contributed by atoms with Crippen LogP contribution in [0, 0.1) is 0 Å². The minimum Gasteiger partial charge on any atom is -0.278 e. The van der Waals surface area contributed by atoms with Gasteiger partial charge >= 0.3 is 0 Å². The molecule has 0 saturated heterocycles. The molecule has 10 rings (SSSR count). The summed E-state index contributed by atoms with van der Waals surface area (Å²) in [5.74, 6) is 1.70. The molecule has 0 atom stereocenters. The molecule has 0 aliphatic rings. The number of fused-ring (bicyclic) bond motifs is 9. The van der Waals surface area contributed by atoms with Crippen LogP contribution in [0.4, 0.5) is 0 Å². The molecule has 0 radical (unpaired) electrons. The minimum atomic E-state index is 0.566. The zero-order valence-electron chi connectivity index (χ0n) is 24.0. The normalized spacial score (nSPS) is 12.0. The van der Waals surface area contributed by atoms with Crippen molar-refractivity contribution in [1.29, 1.82) is 0 Å². The van der Waals surface area contributed by atoms with E-state index in [0.29, 0.717) is 17.8 Å². The zero-order valence-corrected chi connectivity index (χ0v) is 24.0. The lowest BCUT2D eigenvalue weighted by molar-refractivity contribution is 0.848. The summed E-state index contributed by atoms with van der Waals surface area (Å²) in [4.78, 5) is 15.8. The Labute approximate surface area is 257 Å². The lowest BCUT2D eigenvalue weighted by Crippen LogP contribution is -2.13. The molecular formula is C39H24N6. The monoisotopic (exact) mass is 576 g/mol. The standard InChI is InChI=1S/C39H24N6/c1-7-19-31-25(13-1)26-14-2-8-20-32(26)43(31)37-40-38(44-33-21-9-3-15-27(33)28-16-4-10-22-34(28)44)42-39(41-37)45-35-23-11-5-17-29(35)30-18-6-12-24-36(30)45/h1-24H. The predicted octanol–water partition coefficient (Wildman–Crippen LogP) is 9.16. The molecule has 6 heteroatoms. The predicted molar refractivity (Wildman–Crippen MR) is 183 cm³/mol. The first kappa shape index (κ1) is 24.2. The summed E-state index contributed by atoms with van der Waals surface area (Å²) >= 11 is 0. The highest BCUT2D eigenvalue weighted by atomic mass is 15.3. The Morgan fingerprint density at radius 1 is 0.244 bits per heavy atom. The van der Waals surface area contributed by atoms with Gasteiger partial charge in [-0.1, -0.05) is 109 Å². The van der Waals surface area contributed by atoms with Crippen LogP contribution in [0.2, 0.25) is 0 Å². The van der Waals surface area contributed by atoms with Crippen LogP contribution in [0.15, 0.2) is 146 Å². The molecule has 4 aromatic heterocycles. The van der Waals surface area contributed by atoms with Gasteiger partial charge in [0.15, 0.2) is 0 Å². The van der Waals surface area contributed by atoms with E-state index in [0.717, 1.165) is 65.4 Å². The number of rotatable bonds is 3. The van der Waals surface area contributed by atoms with Gasteiger partial charge in [0.1, 0.15) is 0 Å². The third kappa shape index (κ3) is 3.36. The second-order valence-electron chi connectivity index (χ2n) is 11.3. The smallest absolute Gasteiger partial charge is 0.241 e. The van der Waals surface area contributed by atoms with Gasteiger partial charge in [-0.3, -0.25) is 13.7 Å². The van der Waals surface area contributed by atoms with E-state index in [1.54, 1.807) is 0 Å². The summed E-state index contributed by atoms with van der Waals surface area (Å²) in [5, 5.41) is 6.95. The van der Waals surface area contributed by atoms with Gasteiger partial charge in [0.2, 0.25) is 17.8 Å². The lowest BCUT2D eigenvalue weighted by Gasteiger charge is -2.14. The summed E-state index contributed by atoms with van der Waals surface area (Å²) in [7, 11) is 0. The Kier molecular flexibility index (Phi) is 4.90. The Morgan fingerprint density at radius 2 is 0.422 bits per heavy atom. The fourth-order valence-electron chi connectivity index (χ4n) is 7.06. The third-order valence-corrected chi connectivity index (χ3v) is 8.94. The van der Waals surface area contributed by atoms with Crippen molar-refractivity contribution in [2.45, 2.75) is 0 Å². The van der Waals surface area contributed by atoms with E-state index in [1.807, 2.05) is 0 Å². The number of benzene rings is 6. The highest BCUT2D eigenvalue weighted by molar-refractivity contribution is 6.11. The van der Waals surface area contributed by atoms with E-state index in [9.17, 15) is 0 Å². The number of para-hydroxylation sites is 6. The van der Waals surface area contributed by atoms with Gasteiger partial charge < -0.3 is 0 Å². The van der Waals surface area contributed by atoms with E-state index < -0.39 is 0 Å². The molecule has 210 valence electrons. The van der Waals surface area contributed by atoms with Crippen molar-refractivity contribution in [2.24, 2.45) is 0 Å². The average Bonchev–Trinajstić information content (AvgIpc) is 3.74. The Hall–Kier alpha value is -6.27. The molecule has 4 heterocycles. The maximum atomic E-state index is 5.28. The summed E-state index contributed by atoms with van der Waals surface area (Å²) in [6.07, 6.45) is 0.